The van der Waals surface area contributed by atoms with Crippen molar-refractivity contribution in [1.29, 1.82) is 0 Å². The van der Waals surface area contributed by atoms with Crippen molar-refractivity contribution in [1.82, 2.24) is 0 Å². The molecule has 0 atom stereocenters. The quantitative estimate of drug-likeness (QED) is 0.665. The molecule has 0 saturated heterocycles. The average Bonchev–Trinajstić information content (AvgIpc) is 2.55. The monoisotopic (exact) mass is 288 g/mol. The molecular weight excluding hydrogens is 272 g/mol. The molecule has 4 rings (SSSR count). The van der Waals surface area contributed by atoms with Gasteiger partial charge in [-0.25, -0.2) is 0 Å². The van der Waals surface area contributed by atoms with Crippen LogP contribution in [0, 0.1) is 6.92 Å². The molecule has 1 aliphatic carbocycles. The lowest BCUT2D eigenvalue weighted by molar-refractivity contribution is 0.502. The lowest BCUT2D eigenvalue weighted by Gasteiger charge is -2.18. The van der Waals surface area contributed by atoms with E-state index in [1.165, 1.54) is 11.1 Å². The van der Waals surface area contributed by atoms with Crippen molar-refractivity contribution in [3.63, 3.8) is 0 Å². The van der Waals surface area contributed by atoms with E-state index in [1.54, 1.807) is 6.07 Å². The standard InChI is InChI=1S/C20H16O2/c1-13-6-8-15(9-7-13)19-12-17(21)20-16-5-3-2-4-14(16)10-11-18(20)22-19/h2-9,12H,10-11H2,1H3. The average molecular weight is 288 g/mol. The van der Waals surface area contributed by atoms with Gasteiger partial charge in [-0.05, 0) is 24.5 Å². The number of hydrogen-bond acceptors (Lipinski definition) is 2. The predicted octanol–water partition coefficient (Wildman–Crippen LogP) is 4.38. The van der Waals surface area contributed by atoms with Crippen LogP contribution in [0.15, 0.2) is 63.8 Å². The van der Waals surface area contributed by atoms with Crippen molar-refractivity contribution < 1.29 is 4.42 Å². The van der Waals surface area contributed by atoms with Crippen LogP contribution < -0.4 is 5.43 Å². The summed E-state index contributed by atoms with van der Waals surface area (Å²) >= 11 is 0. The van der Waals surface area contributed by atoms with Crippen LogP contribution >= 0.6 is 0 Å². The number of hydrogen-bond donors (Lipinski definition) is 0. The molecule has 0 aliphatic heterocycles. The molecule has 3 aromatic rings. The third-order valence-electron chi connectivity index (χ3n) is 4.26. The van der Waals surface area contributed by atoms with Gasteiger partial charge in [0.1, 0.15) is 11.5 Å². The minimum absolute atomic E-state index is 0.0453. The summed E-state index contributed by atoms with van der Waals surface area (Å²) in [5.74, 6) is 1.46. The van der Waals surface area contributed by atoms with Crippen LogP contribution in [0.4, 0.5) is 0 Å². The summed E-state index contributed by atoms with van der Waals surface area (Å²) in [7, 11) is 0. The first kappa shape index (κ1) is 13.1. The maximum Gasteiger partial charge on any atom is 0.193 e. The van der Waals surface area contributed by atoms with Crippen molar-refractivity contribution in [3.05, 3.63) is 81.7 Å². The van der Waals surface area contributed by atoms with Crippen molar-refractivity contribution in [3.8, 4) is 22.5 Å². The molecule has 0 amide bonds. The summed E-state index contributed by atoms with van der Waals surface area (Å²) in [5.41, 5.74) is 5.17. The second kappa shape index (κ2) is 4.99. The molecule has 0 bridgehead atoms. The Labute approximate surface area is 129 Å². The third kappa shape index (κ3) is 2.08. The van der Waals surface area contributed by atoms with E-state index in [1.807, 2.05) is 49.4 Å². The van der Waals surface area contributed by atoms with Gasteiger partial charge in [-0.3, -0.25) is 4.79 Å². The van der Waals surface area contributed by atoms with E-state index in [9.17, 15) is 4.79 Å². The van der Waals surface area contributed by atoms with Gasteiger partial charge < -0.3 is 4.42 Å². The van der Waals surface area contributed by atoms with E-state index >= 15 is 0 Å². The zero-order valence-electron chi connectivity index (χ0n) is 12.4. The summed E-state index contributed by atoms with van der Waals surface area (Å²) in [4.78, 5) is 12.6. The molecule has 1 aliphatic rings. The van der Waals surface area contributed by atoms with E-state index in [-0.39, 0.29) is 5.43 Å². The van der Waals surface area contributed by atoms with E-state index in [2.05, 4.69) is 6.07 Å². The summed E-state index contributed by atoms with van der Waals surface area (Å²) in [6, 6.07) is 17.8. The van der Waals surface area contributed by atoms with Crippen LogP contribution in [-0.2, 0) is 12.8 Å². The van der Waals surface area contributed by atoms with Gasteiger partial charge >= 0.3 is 0 Å². The molecule has 0 radical (unpaired) electrons. The van der Waals surface area contributed by atoms with Gasteiger partial charge in [0.2, 0.25) is 0 Å². The Morgan fingerprint density at radius 2 is 1.73 bits per heavy atom. The Balaban J connectivity index is 1.90. The molecule has 2 nitrogen and oxygen atoms in total. The van der Waals surface area contributed by atoms with Gasteiger partial charge in [-0.2, -0.15) is 0 Å². The van der Waals surface area contributed by atoms with Gasteiger partial charge in [0, 0.05) is 18.1 Å². The minimum Gasteiger partial charge on any atom is -0.460 e. The van der Waals surface area contributed by atoms with Crippen LogP contribution in [0.3, 0.4) is 0 Å². The molecule has 0 unspecified atom stereocenters. The highest BCUT2D eigenvalue weighted by Crippen LogP contribution is 2.33. The van der Waals surface area contributed by atoms with Crippen LogP contribution in [0.1, 0.15) is 16.9 Å². The maximum atomic E-state index is 12.6. The highest BCUT2D eigenvalue weighted by molar-refractivity contribution is 5.72. The Morgan fingerprint density at radius 3 is 2.55 bits per heavy atom. The molecule has 0 fully saturated rings. The summed E-state index contributed by atoms with van der Waals surface area (Å²) in [6.45, 7) is 2.05. The van der Waals surface area contributed by atoms with Gasteiger partial charge in [-0.15, -0.1) is 0 Å². The summed E-state index contributed by atoms with van der Waals surface area (Å²) in [5, 5.41) is 0. The molecule has 0 saturated carbocycles. The third-order valence-corrected chi connectivity index (χ3v) is 4.26. The summed E-state index contributed by atoms with van der Waals surface area (Å²) < 4.78 is 6.06. The second-order valence-electron chi connectivity index (χ2n) is 5.80. The largest absolute Gasteiger partial charge is 0.460 e. The van der Waals surface area contributed by atoms with Crippen LogP contribution in [0.5, 0.6) is 0 Å². The zero-order valence-corrected chi connectivity index (χ0v) is 12.4. The number of rotatable bonds is 1. The first-order chi connectivity index (χ1) is 10.7. The first-order valence-electron chi connectivity index (χ1n) is 7.55. The number of aryl methyl sites for hydroxylation is 3. The van der Waals surface area contributed by atoms with Crippen molar-refractivity contribution >= 4 is 0 Å². The SMILES string of the molecule is Cc1ccc(-c2cc(=O)c3c(o2)CCc2ccccc2-3)cc1. The van der Waals surface area contributed by atoms with Crippen LogP contribution in [0.25, 0.3) is 22.5 Å². The van der Waals surface area contributed by atoms with Crippen molar-refractivity contribution in [2.24, 2.45) is 0 Å². The smallest absolute Gasteiger partial charge is 0.193 e. The van der Waals surface area contributed by atoms with Gasteiger partial charge in [0.15, 0.2) is 5.43 Å². The fraction of sp³-hybridized carbons (Fsp3) is 0.150. The highest BCUT2D eigenvalue weighted by atomic mass is 16.3. The van der Waals surface area contributed by atoms with Crippen LogP contribution in [0.2, 0.25) is 0 Å². The molecule has 108 valence electrons. The van der Waals surface area contributed by atoms with E-state index in [4.69, 9.17) is 4.42 Å². The lowest BCUT2D eigenvalue weighted by Crippen LogP contribution is -2.14. The Morgan fingerprint density at radius 1 is 0.955 bits per heavy atom. The van der Waals surface area contributed by atoms with Gasteiger partial charge in [-0.1, -0.05) is 54.1 Å². The summed E-state index contributed by atoms with van der Waals surface area (Å²) in [6.07, 6.45) is 1.70. The first-order valence-corrected chi connectivity index (χ1v) is 7.55. The van der Waals surface area contributed by atoms with Gasteiger partial charge in [0.05, 0.1) is 5.56 Å². The second-order valence-corrected chi connectivity index (χ2v) is 5.80. The van der Waals surface area contributed by atoms with E-state index < -0.39 is 0 Å². The predicted molar refractivity (Wildman–Crippen MR) is 88.0 cm³/mol. The molecule has 1 heterocycles. The minimum atomic E-state index is 0.0453. The number of benzene rings is 2. The normalized spacial score (nSPS) is 12.6. The molecule has 22 heavy (non-hydrogen) atoms. The number of fused-ring (bicyclic) bond motifs is 3. The molecule has 0 spiro atoms. The Bertz CT molecular complexity index is 902. The fourth-order valence-electron chi connectivity index (χ4n) is 3.09. The van der Waals surface area contributed by atoms with Crippen molar-refractivity contribution in [2.45, 2.75) is 19.8 Å². The van der Waals surface area contributed by atoms with Crippen molar-refractivity contribution in [2.75, 3.05) is 0 Å². The van der Waals surface area contributed by atoms with Crippen LogP contribution in [-0.4, -0.2) is 0 Å². The topological polar surface area (TPSA) is 30.2 Å². The molecule has 2 heteroatoms. The molecule has 2 aromatic carbocycles. The molecular formula is C20H16O2. The molecule has 1 aromatic heterocycles. The highest BCUT2D eigenvalue weighted by Gasteiger charge is 2.21. The van der Waals surface area contributed by atoms with E-state index in [0.717, 1.165) is 35.3 Å². The maximum absolute atomic E-state index is 12.6. The lowest BCUT2D eigenvalue weighted by atomic mass is 9.89. The zero-order chi connectivity index (χ0) is 15.1. The Kier molecular flexibility index (Phi) is 2.97. The van der Waals surface area contributed by atoms with E-state index in [0.29, 0.717) is 5.76 Å². The fourth-order valence-corrected chi connectivity index (χ4v) is 3.09. The molecule has 0 N–H and O–H groups in total. The van der Waals surface area contributed by atoms with Gasteiger partial charge in [0.25, 0.3) is 0 Å². The Hall–Kier alpha value is -2.61.